The molecule has 2 rings (SSSR count). The Morgan fingerprint density at radius 3 is 2.76 bits per heavy atom. The minimum absolute atomic E-state index is 0.278. The van der Waals surface area contributed by atoms with Gasteiger partial charge in [-0.05, 0) is 25.6 Å². The predicted molar refractivity (Wildman–Crippen MR) is 62.6 cm³/mol. The summed E-state index contributed by atoms with van der Waals surface area (Å²) in [5.74, 6) is 1.87. The second-order valence-corrected chi connectivity index (χ2v) is 3.74. The summed E-state index contributed by atoms with van der Waals surface area (Å²) in [6.45, 7) is 2.82. The van der Waals surface area contributed by atoms with E-state index >= 15 is 0 Å². The maximum absolute atomic E-state index is 5.51. The van der Waals surface area contributed by atoms with Crippen LogP contribution in [0.15, 0.2) is 28.8 Å². The van der Waals surface area contributed by atoms with E-state index in [1.165, 1.54) is 5.56 Å². The van der Waals surface area contributed by atoms with Gasteiger partial charge in [-0.25, -0.2) is 0 Å². The van der Waals surface area contributed by atoms with Gasteiger partial charge in [-0.15, -0.1) is 0 Å². The van der Waals surface area contributed by atoms with Crippen molar-refractivity contribution in [2.45, 2.75) is 20.0 Å². The van der Waals surface area contributed by atoms with Crippen LogP contribution in [0.2, 0.25) is 0 Å². The largest absolute Gasteiger partial charge is 0.484 e. The van der Waals surface area contributed by atoms with Crippen molar-refractivity contribution in [3.05, 3.63) is 41.5 Å². The van der Waals surface area contributed by atoms with Gasteiger partial charge in [0.15, 0.2) is 12.4 Å². The zero-order chi connectivity index (χ0) is 12.1. The first-order valence-corrected chi connectivity index (χ1v) is 5.49. The first kappa shape index (κ1) is 11.6. The van der Waals surface area contributed by atoms with Gasteiger partial charge in [0.2, 0.25) is 0 Å². The van der Waals surface area contributed by atoms with Crippen LogP contribution in [0.3, 0.4) is 0 Å². The zero-order valence-corrected chi connectivity index (χ0v) is 9.72. The van der Waals surface area contributed by atoms with Gasteiger partial charge >= 0.3 is 0 Å². The molecule has 0 fully saturated rings. The Bertz CT molecular complexity index is 465. The second-order valence-electron chi connectivity index (χ2n) is 3.74. The van der Waals surface area contributed by atoms with Crippen LogP contribution in [0.1, 0.15) is 17.3 Å². The third-order valence-electron chi connectivity index (χ3n) is 2.26. The van der Waals surface area contributed by atoms with Gasteiger partial charge in [0.1, 0.15) is 5.75 Å². The number of hydrogen-bond acceptors (Lipinski definition) is 5. The molecular weight excluding hydrogens is 218 g/mol. The normalized spacial score (nSPS) is 10.5. The zero-order valence-electron chi connectivity index (χ0n) is 9.72. The molecule has 2 N–H and O–H groups in total. The molecule has 0 unspecified atom stereocenters. The van der Waals surface area contributed by atoms with Crippen molar-refractivity contribution < 1.29 is 9.26 Å². The lowest BCUT2D eigenvalue weighted by Crippen LogP contribution is -2.04. The molecule has 17 heavy (non-hydrogen) atoms. The van der Waals surface area contributed by atoms with E-state index in [9.17, 15) is 0 Å². The summed E-state index contributed by atoms with van der Waals surface area (Å²) in [6.07, 6.45) is 0.619. The smallest absolute Gasteiger partial charge is 0.264 e. The summed E-state index contributed by atoms with van der Waals surface area (Å²) in [7, 11) is 0. The van der Waals surface area contributed by atoms with Crippen molar-refractivity contribution in [1.29, 1.82) is 0 Å². The van der Waals surface area contributed by atoms with Crippen LogP contribution in [0.25, 0.3) is 0 Å². The second kappa shape index (κ2) is 5.45. The van der Waals surface area contributed by atoms with Gasteiger partial charge in [-0.1, -0.05) is 22.9 Å². The Morgan fingerprint density at radius 1 is 1.29 bits per heavy atom. The van der Waals surface area contributed by atoms with Crippen LogP contribution in [-0.2, 0) is 13.0 Å². The molecule has 0 spiro atoms. The lowest BCUT2D eigenvalue weighted by atomic mass is 10.2. The molecule has 1 aromatic heterocycles. The number of hydrogen-bond donors (Lipinski definition) is 1. The number of nitrogens with two attached hydrogens (primary N) is 1. The van der Waals surface area contributed by atoms with Crippen LogP contribution >= 0.6 is 0 Å². The summed E-state index contributed by atoms with van der Waals surface area (Å²) < 4.78 is 10.5. The van der Waals surface area contributed by atoms with Gasteiger partial charge in [-0.2, -0.15) is 4.98 Å². The molecule has 0 aliphatic heterocycles. The summed E-state index contributed by atoms with van der Waals surface area (Å²) in [6, 6.07) is 7.80. The first-order chi connectivity index (χ1) is 8.28. The predicted octanol–water partition coefficient (Wildman–Crippen LogP) is 1.46. The van der Waals surface area contributed by atoms with Gasteiger partial charge in [0, 0.05) is 6.42 Å². The molecular formula is C12H15N3O2. The highest BCUT2D eigenvalue weighted by Gasteiger charge is 2.05. The Balaban J connectivity index is 1.90. The highest BCUT2D eigenvalue weighted by Crippen LogP contribution is 2.13. The number of aromatic nitrogens is 2. The standard InChI is InChI=1S/C12H15N3O2/c1-9-2-4-10(5-3-9)16-8-12-14-11(6-7-13)15-17-12/h2-5H,6-8,13H2,1H3. The van der Waals surface area contributed by atoms with Crippen LogP contribution in [0.4, 0.5) is 0 Å². The van der Waals surface area contributed by atoms with Crippen molar-refractivity contribution in [2.24, 2.45) is 5.73 Å². The van der Waals surface area contributed by atoms with Crippen molar-refractivity contribution in [3.63, 3.8) is 0 Å². The maximum atomic E-state index is 5.51. The van der Waals surface area contributed by atoms with E-state index in [0.29, 0.717) is 24.7 Å². The van der Waals surface area contributed by atoms with Crippen molar-refractivity contribution >= 4 is 0 Å². The molecule has 90 valence electrons. The summed E-state index contributed by atoms with van der Waals surface area (Å²) in [5, 5.41) is 3.79. The highest BCUT2D eigenvalue weighted by molar-refractivity contribution is 5.26. The Kier molecular flexibility index (Phi) is 3.72. The number of ether oxygens (including phenoxy) is 1. The van der Waals surface area contributed by atoms with E-state index in [-0.39, 0.29) is 6.61 Å². The molecule has 1 aromatic carbocycles. The molecule has 0 amide bonds. The molecule has 5 heteroatoms. The van der Waals surface area contributed by atoms with Crippen LogP contribution in [0.5, 0.6) is 5.75 Å². The Morgan fingerprint density at radius 2 is 2.06 bits per heavy atom. The third-order valence-corrected chi connectivity index (χ3v) is 2.26. The maximum Gasteiger partial charge on any atom is 0.264 e. The molecule has 0 saturated carbocycles. The van der Waals surface area contributed by atoms with Crippen LogP contribution in [-0.4, -0.2) is 16.7 Å². The number of aryl methyl sites for hydroxylation is 1. The van der Waals surface area contributed by atoms with Gasteiger partial charge in [0.05, 0.1) is 0 Å². The molecule has 0 bridgehead atoms. The fraction of sp³-hybridized carbons (Fsp3) is 0.333. The Labute approximate surface area is 99.6 Å². The average molecular weight is 233 g/mol. The molecule has 0 radical (unpaired) electrons. The third kappa shape index (κ3) is 3.29. The number of nitrogens with zero attached hydrogens (tertiary/aromatic N) is 2. The van der Waals surface area contributed by atoms with E-state index in [0.717, 1.165) is 5.75 Å². The lowest BCUT2D eigenvalue weighted by molar-refractivity contribution is 0.242. The lowest BCUT2D eigenvalue weighted by Gasteiger charge is -2.02. The minimum atomic E-state index is 0.278. The average Bonchev–Trinajstić information content (AvgIpc) is 2.77. The minimum Gasteiger partial charge on any atom is -0.484 e. The Hall–Kier alpha value is -1.88. The first-order valence-electron chi connectivity index (χ1n) is 5.49. The summed E-state index contributed by atoms with van der Waals surface area (Å²) in [4.78, 5) is 4.15. The quantitative estimate of drug-likeness (QED) is 0.846. The van der Waals surface area contributed by atoms with Crippen LogP contribution < -0.4 is 10.5 Å². The monoisotopic (exact) mass is 233 g/mol. The summed E-state index contributed by atoms with van der Waals surface area (Å²) in [5.41, 5.74) is 6.59. The van der Waals surface area contributed by atoms with E-state index in [4.69, 9.17) is 15.0 Å². The van der Waals surface area contributed by atoms with Crippen molar-refractivity contribution in [1.82, 2.24) is 10.1 Å². The van der Waals surface area contributed by atoms with E-state index in [1.807, 2.05) is 31.2 Å². The molecule has 0 saturated heterocycles. The van der Waals surface area contributed by atoms with Gasteiger partial charge in [-0.3, -0.25) is 0 Å². The van der Waals surface area contributed by atoms with E-state index < -0.39 is 0 Å². The van der Waals surface area contributed by atoms with Crippen LogP contribution in [0, 0.1) is 6.92 Å². The molecule has 1 heterocycles. The number of benzene rings is 1. The van der Waals surface area contributed by atoms with E-state index in [2.05, 4.69) is 10.1 Å². The van der Waals surface area contributed by atoms with Gasteiger partial charge in [0.25, 0.3) is 5.89 Å². The fourth-order valence-electron chi connectivity index (χ4n) is 1.36. The molecule has 0 aliphatic carbocycles. The SMILES string of the molecule is Cc1ccc(OCc2nc(CCN)no2)cc1. The molecule has 0 aliphatic rings. The number of rotatable bonds is 5. The molecule has 2 aromatic rings. The summed E-state index contributed by atoms with van der Waals surface area (Å²) >= 11 is 0. The molecule has 0 atom stereocenters. The fourth-order valence-corrected chi connectivity index (χ4v) is 1.36. The topological polar surface area (TPSA) is 74.2 Å². The van der Waals surface area contributed by atoms with E-state index in [1.54, 1.807) is 0 Å². The van der Waals surface area contributed by atoms with Crippen molar-refractivity contribution in [3.8, 4) is 5.75 Å². The van der Waals surface area contributed by atoms with Gasteiger partial charge < -0.3 is 15.0 Å². The van der Waals surface area contributed by atoms with Crippen molar-refractivity contribution in [2.75, 3.05) is 6.54 Å². The molecule has 5 nitrogen and oxygen atoms in total. The highest BCUT2D eigenvalue weighted by atomic mass is 16.5.